The molecule has 1 aliphatic heterocycles. The van der Waals surface area contributed by atoms with Crippen LogP contribution in [0.4, 0.5) is 10.1 Å². The van der Waals surface area contributed by atoms with Gasteiger partial charge in [-0.2, -0.15) is 0 Å². The van der Waals surface area contributed by atoms with Crippen molar-refractivity contribution in [1.29, 1.82) is 0 Å². The van der Waals surface area contributed by atoms with Crippen molar-refractivity contribution in [3.63, 3.8) is 0 Å². The number of carbonyl (C=O) groups is 2. The second-order valence-electron chi connectivity index (χ2n) is 7.65. The summed E-state index contributed by atoms with van der Waals surface area (Å²) in [5.74, 6) is -0.331. The van der Waals surface area contributed by atoms with Crippen LogP contribution in [0, 0.1) is 5.82 Å². The molecule has 1 heterocycles. The predicted octanol–water partition coefficient (Wildman–Crippen LogP) is 4.52. The van der Waals surface area contributed by atoms with Crippen LogP contribution in [0.25, 0.3) is 0 Å². The molecule has 1 unspecified atom stereocenters. The number of hydrogen-bond donors (Lipinski definition) is 1. The molecule has 5 nitrogen and oxygen atoms in total. The molecule has 1 aliphatic rings. The van der Waals surface area contributed by atoms with E-state index in [1.165, 1.54) is 12.1 Å². The van der Waals surface area contributed by atoms with Gasteiger partial charge in [-0.3, -0.25) is 14.5 Å². The molecule has 1 fully saturated rings. The smallest absolute Gasteiger partial charge is 0.238 e. The third kappa shape index (κ3) is 7.83. The lowest BCUT2D eigenvalue weighted by molar-refractivity contribution is -0.130. The van der Waals surface area contributed by atoms with Crippen molar-refractivity contribution in [3.8, 4) is 0 Å². The van der Waals surface area contributed by atoms with Gasteiger partial charge in [-0.05, 0) is 55.0 Å². The molecular formula is C23H27ClFN3O2S. The zero-order valence-electron chi connectivity index (χ0n) is 17.5. The molecule has 0 aliphatic carbocycles. The number of nitrogens with zero attached hydrogens (tertiary/aromatic N) is 2. The van der Waals surface area contributed by atoms with Crippen molar-refractivity contribution in [2.75, 3.05) is 38.0 Å². The molecule has 1 saturated heterocycles. The van der Waals surface area contributed by atoms with Crippen molar-refractivity contribution >= 4 is 40.9 Å². The SMILES string of the molecule is CC(CC(=O)N1CCCN(CC(=O)Nc2ccc(F)cc2)CC1)Sc1ccc(Cl)cc1. The molecule has 8 heteroatoms. The van der Waals surface area contributed by atoms with E-state index in [9.17, 15) is 14.0 Å². The van der Waals surface area contributed by atoms with Crippen LogP contribution in [0.15, 0.2) is 53.4 Å². The van der Waals surface area contributed by atoms with Crippen molar-refractivity contribution < 1.29 is 14.0 Å². The van der Waals surface area contributed by atoms with Crippen LogP contribution < -0.4 is 5.32 Å². The number of benzene rings is 2. The summed E-state index contributed by atoms with van der Waals surface area (Å²) in [4.78, 5) is 30.1. The largest absolute Gasteiger partial charge is 0.341 e. The zero-order chi connectivity index (χ0) is 22.2. The molecule has 1 atom stereocenters. The highest BCUT2D eigenvalue weighted by molar-refractivity contribution is 8.00. The molecular weight excluding hydrogens is 437 g/mol. The average molecular weight is 464 g/mol. The second-order valence-corrected chi connectivity index (χ2v) is 9.60. The van der Waals surface area contributed by atoms with Gasteiger partial charge in [0.1, 0.15) is 5.82 Å². The first-order chi connectivity index (χ1) is 14.9. The second kappa shape index (κ2) is 11.5. The number of nitrogens with one attached hydrogen (secondary N) is 1. The summed E-state index contributed by atoms with van der Waals surface area (Å²) in [7, 11) is 0. The Morgan fingerprint density at radius 3 is 2.48 bits per heavy atom. The quantitative estimate of drug-likeness (QED) is 0.613. The average Bonchev–Trinajstić information content (AvgIpc) is 2.97. The molecule has 0 radical (unpaired) electrons. The minimum atomic E-state index is -0.337. The summed E-state index contributed by atoms with van der Waals surface area (Å²) in [5.41, 5.74) is 0.574. The maximum Gasteiger partial charge on any atom is 0.238 e. The third-order valence-corrected chi connectivity index (χ3v) is 6.41. The summed E-state index contributed by atoms with van der Waals surface area (Å²) in [6.45, 7) is 5.04. The van der Waals surface area contributed by atoms with E-state index in [-0.39, 0.29) is 29.4 Å². The van der Waals surface area contributed by atoms with E-state index in [0.29, 0.717) is 36.8 Å². The van der Waals surface area contributed by atoms with Crippen LogP contribution in [0.1, 0.15) is 19.8 Å². The van der Waals surface area contributed by atoms with Crippen LogP contribution in [-0.2, 0) is 9.59 Å². The fourth-order valence-electron chi connectivity index (χ4n) is 3.48. The lowest BCUT2D eigenvalue weighted by atomic mass is 10.3. The minimum Gasteiger partial charge on any atom is -0.341 e. The summed E-state index contributed by atoms with van der Waals surface area (Å²) in [6, 6.07) is 13.4. The van der Waals surface area contributed by atoms with E-state index in [1.54, 1.807) is 23.9 Å². The van der Waals surface area contributed by atoms with E-state index < -0.39 is 0 Å². The number of amides is 2. The molecule has 31 heavy (non-hydrogen) atoms. The Balaban J connectivity index is 1.43. The van der Waals surface area contributed by atoms with Crippen molar-refractivity contribution in [2.24, 2.45) is 0 Å². The van der Waals surface area contributed by atoms with Gasteiger partial charge in [0.25, 0.3) is 0 Å². The Morgan fingerprint density at radius 2 is 1.77 bits per heavy atom. The molecule has 3 rings (SSSR count). The molecule has 0 spiro atoms. The Hall–Kier alpha value is -2.09. The Kier molecular flexibility index (Phi) is 8.75. The third-order valence-electron chi connectivity index (χ3n) is 5.05. The fourth-order valence-corrected chi connectivity index (χ4v) is 4.59. The predicted molar refractivity (Wildman–Crippen MR) is 124 cm³/mol. The lowest BCUT2D eigenvalue weighted by Crippen LogP contribution is -2.38. The summed E-state index contributed by atoms with van der Waals surface area (Å²) in [5, 5.41) is 3.65. The molecule has 0 aromatic heterocycles. The number of halogens is 2. The highest BCUT2D eigenvalue weighted by Crippen LogP contribution is 2.27. The summed E-state index contributed by atoms with van der Waals surface area (Å²) < 4.78 is 13.0. The molecule has 166 valence electrons. The highest BCUT2D eigenvalue weighted by Gasteiger charge is 2.22. The van der Waals surface area contributed by atoms with Crippen molar-refractivity contribution in [2.45, 2.75) is 29.9 Å². The van der Waals surface area contributed by atoms with Gasteiger partial charge in [0, 0.05) is 53.5 Å². The van der Waals surface area contributed by atoms with Crippen LogP contribution in [0.3, 0.4) is 0 Å². The molecule has 0 bridgehead atoms. The van der Waals surface area contributed by atoms with Crippen LogP contribution >= 0.6 is 23.4 Å². The summed E-state index contributed by atoms with van der Waals surface area (Å²) in [6.07, 6.45) is 1.30. The number of rotatable bonds is 7. The minimum absolute atomic E-state index is 0.139. The Labute approximate surface area is 191 Å². The monoisotopic (exact) mass is 463 g/mol. The van der Waals surface area contributed by atoms with Gasteiger partial charge < -0.3 is 10.2 Å². The van der Waals surface area contributed by atoms with Crippen LogP contribution in [0.2, 0.25) is 5.02 Å². The fraction of sp³-hybridized carbons (Fsp3) is 0.391. The number of thioether (sulfide) groups is 1. The Morgan fingerprint density at radius 1 is 1.06 bits per heavy atom. The molecule has 1 N–H and O–H groups in total. The van der Waals surface area contributed by atoms with Gasteiger partial charge in [0.15, 0.2) is 0 Å². The number of hydrogen-bond acceptors (Lipinski definition) is 4. The first-order valence-corrected chi connectivity index (χ1v) is 11.6. The van der Waals surface area contributed by atoms with E-state index in [2.05, 4.69) is 17.1 Å². The van der Waals surface area contributed by atoms with Gasteiger partial charge in [-0.15, -0.1) is 11.8 Å². The van der Waals surface area contributed by atoms with Crippen LogP contribution in [0.5, 0.6) is 0 Å². The maximum absolute atomic E-state index is 13.0. The standard InChI is InChI=1S/C23H27ClFN3O2S/c1-17(31-21-9-3-18(24)4-10-21)15-23(30)28-12-2-11-27(13-14-28)16-22(29)26-20-7-5-19(25)6-8-20/h3-10,17H,2,11-16H2,1H3,(H,26,29). The van der Waals surface area contributed by atoms with E-state index in [1.807, 2.05) is 29.2 Å². The number of carbonyl (C=O) groups excluding carboxylic acids is 2. The van der Waals surface area contributed by atoms with E-state index in [4.69, 9.17) is 11.6 Å². The van der Waals surface area contributed by atoms with Gasteiger partial charge in [-0.25, -0.2) is 4.39 Å². The molecule has 2 aromatic rings. The van der Waals surface area contributed by atoms with E-state index in [0.717, 1.165) is 17.9 Å². The first kappa shape index (κ1) is 23.6. The summed E-state index contributed by atoms with van der Waals surface area (Å²) >= 11 is 7.59. The zero-order valence-corrected chi connectivity index (χ0v) is 19.1. The van der Waals surface area contributed by atoms with Crippen LogP contribution in [-0.4, -0.2) is 59.6 Å². The van der Waals surface area contributed by atoms with Gasteiger partial charge in [0.05, 0.1) is 6.54 Å². The van der Waals surface area contributed by atoms with Gasteiger partial charge >= 0.3 is 0 Å². The molecule has 2 amide bonds. The normalized spacial score (nSPS) is 15.9. The van der Waals surface area contributed by atoms with Crippen molar-refractivity contribution in [3.05, 3.63) is 59.4 Å². The molecule has 2 aromatic carbocycles. The highest BCUT2D eigenvalue weighted by atomic mass is 35.5. The Bertz CT molecular complexity index is 879. The molecule has 0 saturated carbocycles. The topological polar surface area (TPSA) is 52.7 Å². The maximum atomic E-state index is 13.0. The number of anilines is 1. The van der Waals surface area contributed by atoms with E-state index >= 15 is 0 Å². The van der Waals surface area contributed by atoms with Gasteiger partial charge in [0.2, 0.25) is 11.8 Å². The van der Waals surface area contributed by atoms with Gasteiger partial charge in [-0.1, -0.05) is 18.5 Å². The first-order valence-electron chi connectivity index (χ1n) is 10.4. The lowest BCUT2D eigenvalue weighted by Gasteiger charge is -2.23. The van der Waals surface area contributed by atoms with Crippen molar-refractivity contribution in [1.82, 2.24) is 9.80 Å².